The smallest absolute Gasteiger partial charge is 0.160 e. The number of allylic oxidation sites excluding steroid dienone is 1. The molecule has 0 saturated carbocycles. The second kappa shape index (κ2) is 7.42. The summed E-state index contributed by atoms with van der Waals surface area (Å²) in [5.41, 5.74) is 11.2. The highest BCUT2D eigenvalue weighted by molar-refractivity contribution is 5.98. The van der Waals surface area contributed by atoms with Crippen LogP contribution in [0, 0.1) is 12.8 Å². The summed E-state index contributed by atoms with van der Waals surface area (Å²) in [4.78, 5) is 12.8. The Morgan fingerprint density at radius 3 is 2.71 bits per heavy atom. The largest absolute Gasteiger partial charge is 0.398 e. The summed E-state index contributed by atoms with van der Waals surface area (Å²) in [6.07, 6.45) is 6.86. The molecule has 0 bridgehead atoms. The molecule has 1 heterocycles. The van der Waals surface area contributed by atoms with Gasteiger partial charge < -0.3 is 11.1 Å². The van der Waals surface area contributed by atoms with Crippen LogP contribution in [0.3, 0.4) is 0 Å². The zero-order valence-electron chi connectivity index (χ0n) is 15.8. The zero-order chi connectivity index (χ0) is 17.9. The molecule has 0 saturated heterocycles. The molecule has 1 aromatic carbocycles. The van der Waals surface area contributed by atoms with Gasteiger partial charge in [0.2, 0.25) is 0 Å². The van der Waals surface area contributed by atoms with Crippen molar-refractivity contribution >= 4 is 17.2 Å². The van der Waals surface area contributed by atoms with Gasteiger partial charge in [-0.2, -0.15) is 0 Å². The van der Waals surface area contributed by atoms with E-state index in [1.54, 1.807) is 0 Å². The van der Waals surface area contributed by atoms with Crippen LogP contribution >= 0.6 is 0 Å². The standard InChI is InChI=1S/C21H32N2O/c1-6-8-9-15(7-2)20(24)12-19-17-11-18(22)14(3)10-16(17)13-21(4,5)23-19/h10-12,15,23H,6-9,13,22H2,1-5H3/b19-12-. The first-order valence-electron chi connectivity index (χ1n) is 9.20. The molecule has 0 amide bonds. The Kier molecular flexibility index (Phi) is 5.74. The van der Waals surface area contributed by atoms with Crippen LogP contribution in [0.2, 0.25) is 0 Å². The van der Waals surface area contributed by atoms with E-state index in [4.69, 9.17) is 5.73 Å². The molecule has 3 N–H and O–H groups in total. The third-order valence-electron chi connectivity index (χ3n) is 4.98. The molecule has 24 heavy (non-hydrogen) atoms. The highest BCUT2D eigenvalue weighted by atomic mass is 16.1. The fraction of sp³-hybridized carbons (Fsp3) is 0.571. The van der Waals surface area contributed by atoms with Gasteiger partial charge >= 0.3 is 0 Å². The van der Waals surface area contributed by atoms with Gasteiger partial charge in [0.15, 0.2) is 5.78 Å². The maximum atomic E-state index is 12.8. The number of carbonyl (C=O) groups is 1. The monoisotopic (exact) mass is 328 g/mol. The number of anilines is 1. The fourth-order valence-electron chi connectivity index (χ4n) is 3.51. The van der Waals surface area contributed by atoms with E-state index in [1.165, 1.54) is 5.56 Å². The number of aryl methyl sites for hydroxylation is 1. The van der Waals surface area contributed by atoms with Crippen molar-refractivity contribution in [1.82, 2.24) is 5.32 Å². The van der Waals surface area contributed by atoms with Crippen molar-refractivity contribution in [3.8, 4) is 0 Å². The summed E-state index contributed by atoms with van der Waals surface area (Å²) < 4.78 is 0. The number of hydrogen-bond donors (Lipinski definition) is 2. The van der Waals surface area contributed by atoms with E-state index in [-0.39, 0.29) is 17.2 Å². The number of nitrogens with two attached hydrogens (primary N) is 1. The molecule has 2 rings (SSSR count). The summed E-state index contributed by atoms with van der Waals surface area (Å²) in [5.74, 6) is 0.354. The van der Waals surface area contributed by atoms with Crippen molar-refractivity contribution in [3.63, 3.8) is 0 Å². The number of hydrogen-bond acceptors (Lipinski definition) is 3. The molecule has 1 aliphatic heterocycles. The summed E-state index contributed by atoms with van der Waals surface area (Å²) in [6.45, 7) is 10.7. The van der Waals surface area contributed by atoms with E-state index in [0.29, 0.717) is 0 Å². The fourth-order valence-corrected chi connectivity index (χ4v) is 3.51. The molecule has 0 aliphatic carbocycles. The first-order valence-corrected chi connectivity index (χ1v) is 9.20. The van der Waals surface area contributed by atoms with Crippen LogP contribution in [-0.4, -0.2) is 11.3 Å². The topological polar surface area (TPSA) is 55.1 Å². The second-order valence-electron chi connectivity index (χ2n) is 7.76. The van der Waals surface area contributed by atoms with Gasteiger partial charge in [-0.25, -0.2) is 0 Å². The molecular formula is C21H32N2O. The Morgan fingerprint density at radius 2 is 2.08 bits per heavy atom. The molecule has 132 valence electrons. The highest BCUT2D eigenvalue weighted by Gasteiger charge is 2.29. The van der Waals surface area contributed by atoms with Crippen molar-refractivity contribution in [2.24, 2.45) is 5.92 Å². The SMILES string of the molecule is CCCCC(CC)C(=O)/C=C1\NC(C)(C)Cc2cc(C)c(N)cc21. The van der Waals surface area contributed by atoms with Crippen LogP contribution in [0.1, 0.15) is 70.1 Å². The van der Waals surface area contributed by atoms with E-state index < -0.39 is 0 Å². The highest BCUT2D eigenvalue weighted by Crippen LogP contribution is 2.33. The predicted molar refractivity (Wildman–Crippen MR) is 103 cm³/mol. The minimum Gasteiger partial charge on any atom is -0.398 e. The molecule has 1 aromatic rings. The molecule has 0 spiro atoms. The Bertz CT molecular complexity index is 643. The van der Waals surface area contributed by atoms with Crippen LogP contribution in [0.5, 0.6) is 0 Å². The predicted octanol–water partition coefficient (Wildman–Crippen LogP) is 4.63. The molecule has 1 aliphatic rings. The van der Waals surface area contributed by atoms with Gasteiger partial charge in [0, 0.05) is 34.5 Å². The summed E-state index contributed by atoms with van der Waals surface area (Å²) in [5, 5.41) is 3.55. The second-order valence-corrected chi connectivity index (χ2v) is 7.76. The van der Waals surface area contributed by atoms with Crippen LogP contribution in [0.4, 0.5) is 5.69 Å². The van der Waals surface area contributed by atoms with Crippen LogP contribution in [0.15, 0.2) is 18.2 Å². The van der Waals surface area contributed by atoms with Crippen LogP contribution in [-0.2, 0) is 11.2 Å². The van der Waals surface area contributed by atoms with E-state index in [9.17, 15) is 4.79 Å². The van der Waals surface area contributed by atoms with E-state index in [1.807, 2.05) is 19.1 Å². The van der Waals surface area contributed by atoms with Gasteiger partial charge in [0.05, 0.1) is 0 Å². The quantitative estimate of drug-likeness (QED) is 0.591. The van der Waals surface area contributed by atoms with Crippen molar-refractivity contribution < 1.29 is 4.79 Å². The number of unbranched alkanes of at least 4 members (excludes halogenated alkanes) is 1. The number of fused-ring (bicyclic) bond motifs is 1. The van der Waals surface area contributed by atoms with Crippen LogP contribution < -0.4 is 11.1 Å². The summed E-state index contributed by atoms with van der Waals surface area (Å²) in [7, 11) is 0. The Labute approximate surface area is 146 Å². The number of ketones is 1. The van der Waals surface area contributed by atoms with Gasteiger partial charge in [-0.15, -0.1) is 0 Å². The van der Waals surface area contributed by atoms with E-state index >= 15 is 0 Å². The summed E-state index contributed by atoms with van der Waals surface area (Å²) in [6, 6.07) is 4.18. The zero-order valence-corrected chi connectivity index (χ0v) is 15.8. The minimum absolute atomic E-state index is 0.0627. The lowest BCUT2D eigenvalue weighted by Crippen LogP contribution is -2.44. The Morgan fingerprint density at radius 1 is 1.38 bits per heavy atom. The maximum Gasteiger partial charge on any atom is 0.160 e. The molecule has 1 unspecified atom stereocenters. The molecule has 1 atom stereocenters. The van der Waals surface area contributed by atoms with Gasteiger partial charge in [-0.05, 0) is 57.2 Å². The third kappa shape index (κ3) is 4.19. The maximum absolute atomic E-state index is 12.8. The minimum atomic E-state index is -0.0627. The lowest BCUT2D eigenvalue weighted by Gasteiger charge is -2.36. The average Bonchev–Trinajstić information content (AvgIpc) is 2.49. The lowest BCUT2D eigenvalue weighted by molar-refractivity contribution is -0.118. The van der Waals surface area contributed by atoms with Gasteiger partial charge in [-0.1, -0.05) is 32.8 Å². The molecule has 3 nitrogen and oxygen atoms in total. The van der Waals surface area contributed by atoms with Gasteiger partial charge in [0.25, 0.3) is 0 Å². The molecule has 0 radical (unpaired) electrons. The Hall–Kier alpha value is -1.77. The molecule has 0 fully saturated rings. The normalized spacial score (nSPS) is 18.8. The molecular weight excluding hydrogens is 296 g/mol. The summed E-state index contributed by atoms with van der Waals surface area (Å²) >= 11 is 0. The van der Waals surface area contributed by atoms with Crippen molar-refractivity contribution in [3.05, 3.63) is 34.9 Å². The van der Waals surface area contributed by atoms with Gasteiger partial charge in [0.1, 0.15) is 0 Å². The van der Waals surface area contributed by atoms with E-state index in [0.717, 1.165) is 54.6 Å². The Balaban J connectivity index is 2.38. The van der Waals surface area contributed by atoms with Crippen molar-refractivity contribution in [2.45, 2.75) is 72.3 Å². The number of rotatable bonds is 6. The number of nitrogen functional groups attached to an aromatic ring is 1. The van der Waals surface area contributed by atoms with Crippen molar-refractivity contribution in [1.29, 1.82) is 0 Å². The van der Waals surface area contributed by atoms with E-state index in [2.05, 4.69) is 39.1 Å². The number of benzene rings is 1. The molecule has 3 heteroatoms. The third-order valence-corrected chi connectivity index (χ3v) is 4.98. The first kappa shape index (κ1) is 18.6. The number of nitrogens with one attached hydrogen (secondary N) is 1. The number of carbonyl (C=O) groups excluding carboxylic acids is 1. The average molecular weight is 329 g/mol. The van der Waals surface area contributed by atoms with Crippen molar-refractivity contribution in [2.75, 3.05) is 5.73 Å². The van der Waals surface area contributed by atoms with Gasteiger partial charge in [-0.3, -0.25) is 4.79 Å². The first-order chi connectivity index (χ1) is 11.3. The van der Waals surface area contributed by atoms with Crippen LogP contribution in [0.25, 0.3) is 5.70 Å². The molecule has 0 aromatic heterocycles. The lowest BCUT2D eigenvalue weighted by atomic mass is 9.83.